The number of benzene rings is 1. The lowest BCUT2D eigenvalue weighted by atomic mass is 10.2. The third kappa shape index (κ3) is 4.30. The molecule has 0 bridgehead atoms. The van der Waals surface area contributed by atoms with Crippen molar-refractivity contribution in [1.82, 2.24) is 4.57 Å². The summed E-state index contributed by atoms with van der Waals surface area (Å²) in [6.07, 6.45) is 3.89. The van der Waals surface area contributed by atoms with E-state index in [0.29, 0.717) is 18.1 Å². The Kier molecular flexibility index (Phi) is 5.86. The molecule has 1 aromatic heterocycles. The van der Waals surface area contributed by atoms with Crippen molar-refractivity contribution < 1.29 is 9.47 Å². The van der Waals surface area contributed by atoms with Gasteiger partial charge in [0.05, 0.1) is 7.11 Å². The number of hydrogen-bond acceptors (Lipinski definition) is 3. The molecule has 24 heavy (non-hydrogen) atoms. The van der Waals surface area contributed by atoms with Gasteiger partial charge in [-0.1, -0.05) is 12.0 Å². The molecule has 124 valence electrons. The molecular weight excluding hydrogens is 302 g/mol. The number of nitrogens with zero attached hydrogens (tertiary/aromatic N) is 1. The summed E-state index contributed by atoms with van der Waals surface area (Å²) in [4.78, 5) is 11.5. The Morgan fingerprint density at radius 1 is 1.12 bits per heavy atom. The second-order valence-electron chi connectivity index (χ2n) is 5.29. The predicted octanol–water partition coefficient (Wildman–Crippen LogP) is 3.50. The lowest BCUT2D eigenvalue weighted by Crippen LogP contribution is -2.08. The fraction of sp³-hybridized carbons (Fsp3) is 0.250. The number of methoxy groups -OCH3 is 1. The molecule has 0 unspecified atom stereocenters. The molecule has 1 heterocycles. The highest BCUT2D eigenvalue weighted by molar-refractivity contribution is 5.64. The maximum absolute atomic E-state index is 11.5. The van der Waals surface area contributed by atoms with E-state index in [9.17, 15) is 4.79 Å². The van der Waals surface area contributed by atoms with Crippen LogP contribution < -0.4 is 14.9 Å². The second kappa shape index (κ2) is 8.07. The van der Waals surface area contributed by atoms with Crippen LogP contribution in [0.3, 0.4) is 0 Å². The number of ether oxygens (including phenoxy) is 2. The van der Waals surface area contributed by atoms with E-state index in [0.717, 1.165) is 17.0 Å². The fourth-order valence-electron chi connectivity index (χ4n) is 2.36. The van der Waals surface area contributed by atoms with Gasteiger partial charge < -0.3 is 14.0 Å². The minimum atomic E-state index is 0.0202. The molecule has 2 aromatic rings. The van der Waals surface area contributed by atoms with Gasteiger partial charge in [-0.05, 0) is 44.5 Å². The van der Waals surface area contributed by atoms with Crippen LogP contribution in [0.2, 0.25) is 0 Å². The molecule has 0 saturated carbocycles. The molecule has 0 saturated heterocycles. The van der Waals surface area contributed by atoms with Crippen molar-refractivity contribution in [3.8, 4) is 23.3 Å². The van der Waals surface area contributed by atoms with Crippen LogP contribution in [0.4, 0.5) is 0 Å². The van der Waals surface area contributed by atoms with E-state index in [1.807, 2.05) is 48.9 Å². The molecule has 1 aromatic carbocycles. The Balaban J connectivity index is 2.30. The van der Waals surface area contributed by atoms with Crippen LogP contribution in [0.5, 0.6) is 11.5 Å². The number of hydrogen-bond donors (Lipinski definition) is 0. The molecule has 4 nitrogen and oxygen atoms in total. The fourth-order valence-corrected chi connectivity index (χ4v) is 2.36. The van der Waals surface area contributed by atoms with Crippen molar-refractivity contribution in [3.05, 3.63) is 57.5 Å². The summed E-state index contributed by atoms with van der Waals surface area (Å²) < 4.78 is 12.9. The van der Waals surface area contributed by atoms with E-state index in [1.54, 1.807) is 26.2 Å². The molecule has 0 atom stereocenters. The van der Waals surface area contributed by atoms with Crippen LogP contribution in [0.15, 0.2) is 35.1 Å². The lowest BCUT2D eigenvalue weighted by molar-refractivity contribution is 0.331. The first-order chi connectivity index (χ1) is 11.5. The van der Waals surface area contributed by atoms with Crippen molar-refractivity contribution in [1.29, 1.82) is 0 Å². The lowest BCUT2D eigenvalue weighted by Gasteiger charge is -2.11. The quantitative estimate of drug-likeness (QED) is 0.791. The molecular formula is C20H21NO3. The smallest absolute Gasteiger partial charge is 0.182 e. The van der Waals surface area contributed by atoms with Crippen molar-refractivity contribution in [2.24, 2.45) is 0 Å². The third-order valence-corrected chi connectivity index (χ3v) is 3.54. The highest BCUT2D eigenvalue weighted by Gasteiger charge is 2.04. The normalized spacial score (nSPS) is 10.3. The summed E-state index contributed by atoms with van der Waals surface area (Å²) in [5.74, 6) is 6.98. The van der Waals surface area contributed by atoms with Gasteiger partial charge in [0.15, 0.2) is 16.9 Å². The van der Waals surface area contributed by atoms with E-state index in [1.165, 1.54) is 0 Å². The van der Waals surface area contributed by atoms with Crippen LogP contribution in [-0.4, -0.2) is 18.3 Å². The molecule has 0 amide bonds. The maximum Gasteiger partial charge on any atom is 0.182 e. The predicted molar refractivity (Wildman–Crippen MR) is 97.3 cm³/mol. The molecule has 0 aliphatic carbocycles. The van der Waals surface area contributed by atoms with Gasteiger partial charge in [-0.2, -0.15) is 0 Å². The van der Waals surface area contributed by atoms with Gasteiger partial charge in [0.1, 0.15) is 6.61 Å². The zero-order valence-electron chi connectivity index (χ0n) is 14.4. The zero-order chi connectivity index (χ0) is 17.5. The topological polar surface area (TPSA) is 40.5 Å². The SMILES string of the molecule is CC#CCOc1cc(C=Cn2c(C)cc(=O)cc2C)ccc1OC. The number of pyridine rings is 1. The molecule has 0 N–H and O–H groups in total. The minimum Gasteiger partial charge on any atom is -0.493 e. The third-order valence-electron chi connectivity index (χ3n) is 3.54. The molecule has 0 spiro atoms. The van der Waals surface area contributed by atoms with Crippen molar-refractivity contribution in [3.63, 3.8) is 0 Å². The van der Waals surface area contributed by atoms with E-state index in [2.05, 4.69) is 11.8 Å². The average Bonchev–Trinajstić information content (AvgIpc) is 2.54. The Labute approximate surface area is 142 Å². The van der Waals surface area contributed by atoms with Crippen molar-refractivity contribution in [2.45, 2.75) is 20.8 Å². The summed E-state index contributed by atoms with van der Waals surface area (Å²) >= 11 is 0. The molecule has 4 heteroatoms. The Morgan fingerprint density at radius 3 is 2.46 bits per heavy atom. The van der Waals surface area contributed by atoms with Crippen molar-refractivity contribution >= 4 is 12.3 Å². The largest absolute Gasteiger partial charge is 0.493 e. The van der Waals surface area contributed by atoms with Gasteiger partial charge in [0.25, 0.3) is 0 Å². The number of rotatable bonds is 5. The molecule has 0 aliphatic rings. The summed E-state index contributed by atoms with van der Waals surface area (Å²) in [5, 5.41) is 0. The summed E-state index contributed by atoms with van der Waals surface area (Å²) in [6.45, 7) is 5.90. The van der Waals surface area contributed by atoms with Gasteiger partial charge in [-0.25, -0.2) is 0 Å². The van der Waals surface area contributed by atoms with Crippen LogP contribution in [0.25, 0.3) is 12.3 Å². The first-order valence-corrected chi connectivity index (χ1v) is 7.63. The first-order valence-electron chi connectivity index (χ1n) is 7.63. The van der Waals surface area contributed by atoms with E-state index < -0.39 is 0 Å². The highest BCUT2D eigenvalue weighted by Crippen LogP contribution is 2.28. The average molecular weight is 323 g/mol. The second-order valence-corrected chi connectivity index (χ2v) is 5.29. The van der Waals surface area contributed by atoms with E-state index in [-0.39, 0.29) is 5.43 Å². The van der Waals surface area contributed by atoms with Gasteiger partial charge in [-0.3, -0.25) is 4.79 Å². The van der Waals surface area contributed by atoms with E-state index >= 15 is 0 Å². The Bertz CT molecular complexity index is 840. The van der Waals surface area contributed by atoms with Crippen LogP contribution in [0, 0.1) is 25.7 Å². The Hall–Kier alpha value is -2.93. The van der Waals surface area contributed by atoms with Crippen LogP contribution in [-0.2, 0) is 0 Å². The van der Waals surface area contributed by atoms with Gasteiger partial charge in [0.2, 0.25) is 0 Å². The molecule has 0 aliphatic heterocycles. The Morgan fingerprint density at radius 2 is 1.83 bits per heavy atom. The number of aryl methyl sites for hydroxylation is 2. The summed E-state index contributed by atoms with van der Waals surface area (Å²) in [5.41, 5.74) is 2.76. The summed E-state index contributed by atoms with van der Waals surface area (Å²) in [6, 6.07) is 8.94. The zero-order valence-corrected chi connectivity index (χ0v) is 14.4. The molecule has 2 rings (SSSR count). The van der Waals surface area contributed by atoms with Gasteiger partial charge in [0, 0.05) is 29.7 Å². The van der Waals surface area contributed by atoms with Crippen LogP contribution >= 0.6 is 0 Å². The summed E-state index contributed by atoms with van der Waals surface area (Å²) in [7, 11) is 1.61. The molecule has 0 radical (unpaired) electrons. The monoisotopic (exact) mass is 323 g/mol. The van der Waals surface area contributed by atoms with Crippen LogP contribution in [0.1, 0.15) is 23.9 Å². The standard InChI is InChI=1S/C20H21NO3/c1-5-6-11-24-20-14-17(7-8-19(20)23-4)9-10-21-15(2)12-18(22)13-16(21)3/h7-10,12-14H,11H2,1-4H3. The first kappa shape index (κ1) is 17.4. The molecule has 0 fully saturated rings. The van der Waals surface area contributed by atoms with E-state index in [4.69, 9.17) is 9.47 Å². The highest BCUT2D eigenvalue weighted by atomic mass is 16.5. The van der Waals surface area contributed by atoms with Gasteiger partial charge in [-0.15, -0.1) is 5.92 Å². The maximum atomic E-state index is 11.5. The minimum absolute atomic E-state index is 0.0202. The van der Waals surface area contributed by atoms with Crippen molar-refractivity contribution in [2.75, 3.05) is 13.7 Å². The van der Waals surface area contributed by atoms with Gasteiger partial charge >= 0.3 is 0 Å². The number of aromatic nitrogens is 1.